The maximum Gasteiger partial charge on any atom is 0.251 e. The molecule has 2 aliphatic rings. The lowest BCUT2D eigenvalue weighted by Crippen LogP contribution is -2.25. The number of benzene rings is 1. The lowest BCUT2D eigenvalue weighted by Gasteiger charge is -2.21. The van der Waals surface area contributed by atoms with E-state index in [0.717, 1.165) is 23.1 Å². The summed E-state index contributed by atoms with van der Waals surface area (Å²) in [7, 11) is 1.67. The van der Waals surface area contributed by atoms with Gasteiger partial charge in [-0.3, -0.25) is 4.79 Å². The van der Waals surface area contributed by atoms with Crippen LogP contribution in [-0.2, 0) is 0 Å². The van der Waals surface area contributed by atoms with Crippen molar-refractivity contribution in [1.29, 1.82) is 0 Å². The molecule has 0 aromatic heterocycles. The predicted molar refractivity (Wildman–Crippen MR) is 77.4 cm³/mol. The molecule has 0 heterocycles. The van der Waals surface area contributed by atoms with Gasteiger partial charge in [0.15, 0.2) is 0 Å². The van der Waals surface area contributed by atoms with E-state index in [1.165, 1.54) is 31.2 Å². The zero-order valence-corrected chi connectivity index (χ0v) is 11.7. The number of nitrogens with one attached hydrogen (secondary N) is 2. The van der Waals surface area contributed by atoms with Crippen LogP contribution in [0.4, 0.5) is 5.69 Å². The molecule has 0 atom stereocenters. The third-order valence-corrected chi connectivity index (χ3v) is 4.31. The molecule has 2 saturated carbocycles. The Morgan fingerprint density at radius 1 is 1.21 bits per heavy atom. The van der Waals surface area contributed by atoms with Crippen LogP contribution >= 0.6 is 0 Å². The Hall–Kier alpha value is -1.51. The summed E-state index contributed by atoms with van der Waals surface area (Å²) in [5, 5.41) is 6.40. The van der Waals surface area contributed by atoms with Gasteiger partial charge in [-0.1, -0.05) is 6.07 Å². The number of anilines is 1. The van der Waals surface area contributed by atoms with Gasteiger partial charge in [-0.25, -0.2) is 0 Å². The van der Waals surface area contributed by atoms with E-state index in [1.807, 2.05) is 18.2 Å². The van der Waals surface area contributed by atoms with Crippen molar-refractivity contribution in [2.45, 2.75) is 38.6 Å². The third-order valence-electron chi connectivity index (χ3n) is 4.31. The van der Waals surface area contributed by atoms with Gasteiger partial charge in [-0.05, 0) is 62.1 Å². The van der Waals surface area contributed by atoms with Crippen LogP contribution in [0.15, 0.2) is 18.2 Å². The molecule has 0 spiro atoms. The maximum atomic E-state index is 11.7. The second-order valence-electron chi connectivity index (χ2n) is 5.95. The quantitative estimate of drug-likeness (QED) is 0.852. The highest BCUT2D eigenvalue weighted by Gasteiger charge is 2.41. The van der Waals surface area contributed by atoms with Crippen LogP contribution in [0.3, 0.4) is 0 Å². The van der Waals surface area contributed by atoms with Crippen LogP contribution in [0.2, 0.25) is 0 Å². The zero-order chi connectivity index (χ0) is 13.4. The summed E-state index contributed by atoms with van der Waals surface area (Å²) < 4.78 is 0. The summed E-state index contributed by atoms with van der Waals surface area (Å²) in [5.41, 5.74) is 3.09. The van der Waals surface area contributed by atoms with Crippen molar-refractivity contribution >= 4 is 11.6 Å². The molecule has 0 bridgehead atoms. The fraction of sp³-hybridized carbons (Fsp3) is 0.562. The second-order valence-corrected chi connectivity index (χ2v) is 5.95. The molecule has 3 heteroatoms. The average molecular weight is 258 g/mol. The fourth-order valence-electron chi connectivity index (χ4n) is 2.77. The van der Waals surface area contributed by atoms with E-state index in [0.29, 0.717) is 6.04 Å². The number of amides is 1. The lowest BCUT2D eigenvalue weighted by molar-refractivity contribution is 0.0963. The van der Waals surface area contributed by atoms with E-state index in [2.05, 4.69) is 17.6 Å². The molecule has 0 saturated heterocycles. The molecule has 1 aromatic rings. The first-order valence-electron chi connectivity index (χ1n) is 7.28. The van der Waals surface area contributed by atoms with Crippen LogP contribution in [0.25, 0.3) is 0 Å². The maximum absolute atomic E-state index is 11.7. The SMILES string of the molecule is CNC(=O)c1ccc(C)c(NC(C2CC2)C2CC2)c1. The summed E-state index contributed by atoms with van der Waals surface area (Å²) in [6, 6.07) is 6.54. The van der Waals surface area contributed by atoms with Crippen LogP contribution in [0, 0.1) is 18.8 Å². The largest absolute Gasteiger partial charge is 0.382 e. The van der Waals surface area contributed by atoms with Crippen molar-refractivity contribution in [3.05, 3.63) is 29.3 Å². The highest BCUT2D eigenvalue weighted by Crippen LogP contribution is 2.46. The Morgan fingerprint density at radius 3 is 2.37 bits per heavy atom. The minimum atomic E-state index is -0.0163. The van der Waals surface area contributed by atoms with E-state index >= 15 is 0 Å². The summed E-state index contributed by atoms with van der Waals surface area (Å²) in [6.07, 6.45) is 5.45. The molecule has 102 valence electrons. The highest BCUT2D eigenvalue weighted by atomic mass is 16.1. The molecule has 1 amide bonds. The number of carbonyl (C=O) groups excluding carboxylic acids is 1. The Kier molecular flexibility index (Phi) is 3.21. The van der Waals surface area contributed by atoms with E-state index in [4.69, 9.17) is 0 Å². The standard InChI is InChI=1S/C16H22N2O/c1-10-3-4-13(16(19)17-2)9-14(10)18-15(11-5-6-11)12-7-8-12/h3-4,9,11-12,15,18H,5-8H2,1-2H3,(H,17,19). The molecule has 3 rings (SSSR count). The topological polar surface area (TPSA) is 41.1 Å². The molecule has 3 nitrogen and oxygen atoms in total. The summed E-state index contributed by atoms with van der Waals surface area (Å²) in [5.74, 6) is 1.70. The molecular weight excluding hydrogens is 236 g/mol. The van der Waals surface area contributed by atoms with Gasteiger partial charge in [0, 0.05) is 24.3 Å². The average Bonchev–Trinajstić information content (AvgIpc) is 3.29. The number of rotatable bonds is 5. The second kappa shape index (κ2) is 4.87. The Bertz CT molecular complexity index is 478. The Morgan fingerprint density at radius 2 is 1.84 bits per heavy atom. The van der Waals surface area contributed by atoms with Crippen molar-refractivity contribution in [2.75, 3.05) is 12.4 Å². The van der Waals surface area contributed by atoms with Gasteiger partial charge in [-0.15, -0.1) is 0 Å². The van der Waals surface area contributed by atoms with Gasteiger partial charge in [0.2, 0.25) is 0 Å². The number of aryl methyl sites for hydroxylation is 1. The molecule has 0 radical (unpaired) electrons. The lowest BCUT2D eigenvalue weighted by atomic mass is 10.0. The summed E-state index contributed by atoms with van der Waals surface area (Å²) in [4.78, 5) is 11.7. The van der Waals surface area contributed by atoms with Crippen molar-refractivity contribution in [2.24, 2.45) is 11.8 Å². The van der Waals surface area contributed by atoms with Crippen molar-refractivity contribution < 1.29 is 4.79 Å². The number of carbonyl (C=O) groups is 1. The summed E-state index contributed by atoms with van der Waals surface area (Å²) in [6.45, 7) is 2.10. The van der Waals surface area contributed by atoms with E-state index in [-0.39, 0.29) is 5.91 Å². The molecule has 2 aliphatic carbocycles. The first-order chi connectivity index (χ1) is 9.19. The van der Waals surface area contributed by atoms with Crippen LogP contribution in [-0.4, -0.2) is 19.0 Å². The Labute approximate surface area is 114 Å². The summed E-state index contributed by atoms with van der Waals surface area (Å²) >= 11 is 0. The first-order valence-corrected chi connectivity index (χ1v) is 7.28. The van der Waals surface area contributed by atoms with Crippen LogP contribution < -0.4 is 10.6 Å². The molecule has 0 aliphatic heterocycles. The van der Waals surface area contributed by atoms with Gasteiger partial charge >= 0.3 is 0 Å². The number of hydrogen-bond donors (Lipinski definition) is 2. The fourth-order valence-corrected chi connectivity index (χ4v) is 2.77. The minimum Gasteiger partial charge on any atom is -0.382 e. The van der Waals surface area contributed by atoms with Crippen LogP contribution in [0.1, 0.15) is 41.6 Å². The van der Waals surface area contributed by atoms with Crippen molar-refractivity contribution in [1.82, 2.24) is 5.32 Å². The monoisotopic (exact) mass is 258 g/mol. The molecule has 2 N–H and O–H groups in total. The molecule has 1 aromatic carbocycles. The molecule has 0 unspecified atom stereocenters. The van der Waals surface area contributed by atoms with Crippen molar-refractivity contribution in [3.63, 3.8) is 0 Å². The van der Waals surface area contributed by atoms with Crippen LogP contribution in [0.5, 0.6) is 0 Å². The highest BCUT2D eigenvalue weighted by molar-refractivity contribution is 5.95. The normalized spacial score (nSPS) is 18.5. The Balaban J connectivity index is 1.80. The van der Waals surface area contributed by atoms with Gasteiger partial charge < -0.3 is 10.6 Å². The predicted octanol–water partition coefficient (Wildman–Crippen LogP) is 2.96. The zero-order valence-electron chi connectivity index (χ0n) is 11.7. The van der Waals surface area contributed by atoms with Gasteiger partial charge in [0.25, 0.3) is 5.91 Å². The third kappa shape index (κ3) is 2.75. The minimum absolute atomic E-state index is 0.0163. The van der Waals surface area contributed by atoms with Gasteiger partial charge in [0.1, 0.15) is 0 Å². The van der Waals surface area contributed by atoms with E-state index in [9.17, 15) is 4.79 Å². The smallest absolute Gasteiger partial charge is 0.251 e. The van der Waals surface area contributed by atoms with E-state index < -0.39 is 0 Å². The molecule has 2 fully saturated rings. The van der Waals surface area contributed by atoms with E-state index in [1.54, 1.807) is 7.05 Å². The van der Waals surface area contributed by atoms with Crippen molar-refractivity contribution in [3.8, 4) is 0 Å². The number of hydrogen-bond acceptors (Lipinski definition) is 2. The van der Waals surface area contributed by atoms with Gasteiger partial charge in [-0.2, -0.15) is 0 Å². The molecule has 19 heavy (non-hydrogen) atoms. The van der Waals surface area contributed by atoms with Gasteiger partial charge in [0.05, 0.1) is 0 Å². The molecular formula is C16H22N2O. The first kappa shape index (κ1) is 12.5.